The van der Waals surface area contributed by atoms with Crippen LogP contribution in [-0.2, 0) is 6.54 Å². The van der Waals surface area contributed by atoms with Crippen LogP contribution in [-0.4, -0.2) is 9.91 Å². The highest BCUT2D eigenvalue weighted by Crippen LogP contribution is 2.29. The molecule has 0 fully saturated rings. The number of rotatable bonds is 4. The van der Waals surface area contributed by atoms with Crippen LogP contribution >= 0.6 is 15.9 Å². The molecular weight excluding hydrogens is 334 g/mol. The molecule has 2 N–H and O–H groups in total. The van der Waals surface area contributed by atoms with Gasteiger partial charge >= 0.3 is 0 Å². The van der Waals surface area contributed by atoms with Gasteiger partial charge in [0.2, 0.25) is 0 Å². The van der Waals surface area contributed by atoms with E-state index in [9.17, 15) is 10.1 Å². The summed E-state index contributed by atoms with van der Waals surface area (Å²) >= 11 is 3.25. The highest BCUT2D eigenvalue weighted by molar-refractivity contribution is 9.10. The molecule has 0 aliphatic rings. The number of fused-ring (bicyclic) bond motifs is 1. The highest BCUT2D eigenvalue weighted by atomic mass is 79.9. The number of nitrogens with one attached hydrogen (secondary N) is 2. The second-order valence-electron chi connectivity index (χ2n) is 4.63. The van der Waals surface area contributed by atoms with Gasteiger partial charge in [0.15, 0.2) is 0 Å². The van der Waals surface area contributed by atoms with Crippen molar-refractivity contribution in [3.05, 3.63) is 68.8 Å². The van der Waals surface area contributed by atoms with Gasteiger partial charge in [0.25, 0.3) is 5.69 Å². The molecule has 3 rings (SSSR count). The summed E-state index contributed by atoms with van der Waals surface area (Å²) in [5.74, 6) is 0. The summed E-state index contributed by atoms with van der Waals surface area (Å²) in [6.07, 6.45) is 1.89. The van der Waals surface area contributed by atoms with Crippen LogP contribution in [0.25, 0.3) is 10.9 Å². The molecule has 1 heterocycles. The van der Waals surface area contributed by atoms with Gasteiger partial charge in [-0.25, -0.2) is 0 Å². The number of hydrogen-bond acceptors (Lipinski definition) is 3. The lowest BCUT2D eigenvalue weighted by molar-refractivity contribution is -0.384. The fourth-order valence-corrected chi connectivity index (χ4v) is 2.65. The number of nitro groups is 1. The molecule has 0 radical (unpaired) electrons. The van der Waals surface area contributed by atoms with Gasteiger partial charge in [-0.1, -0.05) is 28.1 Å². The molecule has 0 aliphatic heterocycles. The molecule has 2 aromatic carbocycles. The fourth-order valence-electron chi connectivity index (χ4n) is 2.30. The lowest BCUT2D eigenvalue weighted by atomic mass is 10.1. The topological polar surface area (TPSA) is 71.0 Å². The standard InChI is InChI=1S/C15H12BrN3O2/c16-11-4-5-14(15(8-11)19(20)21)18-9-10-2-1-3-13-12(10)6-7-17-13/h1-8,17-18H,9H2. The summed E-state index contributed by atoms with van der Waals surface area (Å²) in [7, 11) is 0. The largest absolute Gasteiger partial charge is 0.375 e. The van der Waals surface area contributed by atoms with E-state index in [1.807, 2.05) is 30.5 Å². The average Bonchev–Trinajstić information content (AvgIpc) is 2.94. The predicted octanol–water partition coefficient (Wildman–Crippen LogP) is 4.45. The molecule has 0 spiro atoms. The first-order valence-electron chi connectivity index (χ1n) is 6.38. The maximum Gasteiger partial charge on any atom is 0.293 e. The number of anilines is 1. The zero-order chi connectivity index (χ0) is 14.8. The first-order valence-corrected chi connectivity index (χ1v) is 7.17. The molecule has 21 heavy (non-hydrogen) atoms. The summed E-state index contributed by atoms with van der Waals surface area (Å²) in [5.41, 5.74) is 2.71. The summed E-state index contributed by atoms with van der Waals surface area (Å²) in [4.78, 5) is 13.9. The minimum atomic E-state index is -0.385. The van der Waals surface area contributed by atoms with Gasteiger partial charge in [-0.15, -0.1) is 0 Å². The summed E-state index contributed by atoms with van der Waals surface area (Å²) < 4.78 is 0.687. The first kappa shape index (κ1) is 13.6. The Balaban J connectivity index is 1.88. The number of nitro benzene ring substituents is 1. The number of benzene rings is 2. The van der Waals surface area contributed by atoms with E-state index in [1.54, 1.807) is 12.1 Å². The van der Waals surface area contributed by atoms with E-state index in [0.29, 0.717) is 16.7 Å². The molecule has 0 unspecified atom stereocenters. The predicted molar refractivity (Wildman–Crippen MR) is 86.4 cm³/mol. The van der Waals surface area contributed by atoms with Gasteiger partial charge < -0.3 is 10.3 Å². The van der Waals surface area contributed by atoms with Crippen molar-refractivity contribution < 1.29 is 4.92 Å². The van der Waals surface area contributed by atoms with Crippen molar-refractivity contribution in [3.63, 3.8) is 0 Å². The van der Waals surface area contributed by atoms with Crippen molar-refractivity contribution in [2.24, 2.45) is 0 Å². The third kappa shape index (κ3) is 2.75. The van der Waals surface area contributed by atoms with Crippen molar-refractivity contribution in [3.8, 4) is 0 Å². The number of H-pyrrole nitrogens is 1. The quantitative estimate of drug-likeness (QED) is 0.542. The van der Waals surface area contributed by atoms with Gasteiger partial charge in [0, 0.05) is 34.2 Å². The summed E-state index contributed by atoms with van der Waals surface area (Å²) in [6.45, 7) is 0.525. The molecule has 6 heteroatoms. The molecular formula is C15H12BrN3O2. The molecule has 106 valence electrons. The Bertz CT molecular complexity index is 814. The van der Waals surface area contributed by atoms with E-state index < -0.39 is 0 Å². The third-order valence-electron chi connectivity index (χ3n) is 3.31. The Morgan fingerprint density at radius 3 is 2.90 bits per heavy atom. The van der Waals surface area contributed by atoms with Crippen LogP contribution in [0.4, 0.5) is 11.4 Å². The first-order chi connectivity index (χ1) is 10.1. The molecule has 3 aromatic rings. The van der Waals surface area contributed by atoms with Crippen LogP contribution in [0.1, 0.15) is 5.56 Å². The van der Waals surface area contributed by atoms with Crippen LogP contribution in [0.3, 0.4) is 0 Å². The van der Waals surface area contributed by atoms with Crippen LogP contribution < -0.4 is 5.32 Å². The second kappa shape index (κ2) is 5.57. The van der Waals surface area contributed by atoms with Crippen molar-refractivity contribution in [1.29, 1.82) is 0 Å². The van der Waals surface area contributed by atoms with Gasteiger partial charge in [-0.05, 0) is 29.8 Å². The van der Waals surface area contributed by atoms with Gasteiger partial charge in [0.05, 0.1) is 4.92 Å². The number of hydrogen-bond donors (Lipinski definition) is 2. The fraction of sp³-hybridized carbons (Fsp3) is 0.0667. The molecule has 1 aromatic heterocycles. The Hall–Kier alpha value is -2.34. The second-order valence-corrected chi connectivity index (χ2v) is 5.54. The van der Waals surface area contributed by atoms with E-state index >= 15 is 0 Å². The Morgan fingerprint density at radius 2 is 2.10 bits per heavy atom. The minimum Gasteiger partial charge on any atom is -0.375 e. The van der Waals surface area contributed by atoms with E-state index in [1.165, 1.54) is 6.07 Å². The zero-order valence-electron chi connectivity index (χ0n) is 11.0. The molecule has 0 saturated carbocycles. The Morgan fingerprint density at radius 1 is 1.24 bits per heavy atom. The zero-order valence-corrected chi connectivity index (χ0v) is 12.6. The molecule has 0 aliphatic carbocycles. The monoisotopic (exact) mass is 345 g/mol. The molecule has 0 atom stereocenters. The molecule has 0 bridgehead atoms. The number of aromatic amines is 1. The minimum absolute atomic E-state index is 0.0608. The Labute approximate surface area is 129 Å². The summed E-state index contributed by atoms with van der Waals surface area (Å²) in [6, 6.07) is 13.0. The normalized spacial score (nSPS) is 10.7. The Kier molecular flexibility index (Phi) is 3.62. The lowest BCUT2D eigenvalue weighted by Gasteiger charge is -2.08. The maximum absolute atomic E-state index is 11.1. The van der Waals surface area contributed by atoms with E-state index in [-0.39, 0.29) is 10.6 Å². The van der Waals surface area contributed by atoms with Crippen LogP contribution in [0.15, 0.2) is 53.1 Å². The van der Waals surface area contributed by atoms with Crippen LogP contribution in [0, 0.1) is 10.1 Å². The highest BCUT2D eigenvalue weighted by Gasteiger charge is 2.14. The summed E-state index contributed by atoms with van der Waals surface area (Å²) in [5, 5.41) is 15.4. The lowest BCUT2D eigenvalue weighted by Crippen LogP contribution is -2.03. The smallest absolute Gasteiger partial charge is 0.293 e. The maximum atomic E-state index is 11.1. The third-order valence-corrected chi connectivity index (χ3v) is 3.80. The number of nitrogens with zero attached hydrogens (tertiary/aromatic N) is 1. The van der Waals surface area contributed by atoms with E-state index in [4.69, 9.17) is 0 Å². The van der Waals surface area contributed by atoms with Crippen molar-refractivity contribution >= 4 is 38.2 Å². The SMILES string of the molecule is O=[N+]([O-])c1cc(Br)ccc1NCc1cccc2[nH]ccc12. The number of aromatic nitrogens is 1. The van der Waals surface area contributed by atoms with E-state index in [0.717, 1.165) is 16.5 Å². The van der Waals surface area contributed by atoms with Crippen molar-refractivity contribution in [2.45, 2.75) is 6.54 Å². The van der Waals surface area contributed by atoms with Gasteiger partial charge in [-0.3, -0.25) is 10.1 Å². The molecule has 5 nitrogen and oxygen atoms in total. The number of halogens is 1. The molecule has 0 amide bonds. The van der Waals surface area contributed by atoms with Crippen LogP contribution in [0.5, 0.6) is 0 Å². The van der Waals surface area contributed by atoms with Crippen molar-refractivity contribution in [2.75, 3.05) is 5.32 Å². The van der Waals surface area contributed by atoms with Gasteiger partial charge in [-0.2, -0.15) is 0 Å². The average molecular weight is 346 g/mol. The van der Waals surface area contributed by atoms with E-state index in [2.05, 4.69) is 26.2 Å². The van der Waals surface area contributed by atoms with Gasteiger partial charge in [0.1, 0.15) is 5.69 Å². The van der Waals surface area contributed by atoms with Crippen molar-refractivity contribution in [1.82, 2.24) is 4.98 Å². The molecule has 0 saturated heterocycles. The van der Waals surface area contributed by atoms with Crippen LogP contribution in [0.2, 0.25) is 0 Å².